The second kappa shape index (κ2) is 2.55. The topological polar surface area (TPSA) is 43.1 Å². The van der Waals surface area contributed by atoms with Crippen LogP contribution in [0.25, 0.3) is 0 Å². The van der Waals surface area contributed by atoms with Gasteiger partial charge < -0.3 is 5.73 Å². The number of rotatable bonds is 2. The Morgan fingerprint density at radius 1 is 1.86 bits per heavy atom. The van der Waals surface area contributed by atoms with Crippen molar-refractivity contribution in [3.05, 3.63) is 5.92 Å². The lowest BCUT2D eigenvalue weighted by molar-refractivity contribution is -0.116. The SMILES string of the molecule is C[C](CF)C(N)=O. The fourth-order valence-corrected chi connectivity index (χ4v) is 0.0659. The first-order valence-corrected chi connectivity index (χ1v) is 1.86. The maximum absolute atomic E-state index is 11.3. The number of amides is 1. The summed E-state index contributed by atoms with van der Waals surface area (Å²) in [5.74, 6) is -0.595. The van der Waals surface area contributed by atoms with Gasteiger partial charge in [0.1, 0.15) is 6.67 Å². The van der Waals surface area contributed by atoms with E-state index in [4.69, 9.17) is 0 Å². The summed E-state index contributed by atoms with van der Waals surface area (Å²) in [5, 5.41) is 0. The lowest BCUT2D eigenvalue weighted by Crippen LogP contribution is -2.19. The zero-order valence-corrected chi connectivity index (χ0v) is 4.07. The third kappa shape index (κ3) is 2.14. The molecule has 3 heteroatoms. The van der Waals surface area contributed by atoms with Gasteiger partial charge in [0.05, 0.1) is 5.92 Å². The van der Waals surface area contributed by atoms with Crippen molar-refractivity contribution >= 4 is 5.91 Å². The molecule has 0 atom stereocenters. The van der Waals surface area contributed by atoms with Crippen molar-refractivity contribution in [1.29, 1.82) is 0 Å². The van der Waals surface area contributed by atoms with Crippen LogP contribution in [0.3, 0.4) is 0 Å². The summed E-state index contributed by atoms with van der Waals surface area (Å²) >= 11 is 0. The van der Waals surface area contributed by atoms with E-state index in [-0.39, 0.29) is 5.92 Å². The smallest absolute Gasteiger partial charge is 0.227 e. The highest BCUT2D eigenvalue weighted by atomic mass is 19.1. The van der Waals surface area contributed by atoms with Crippen molar-refractivity contribution in [2.75, 3.05) is 6.67 Å². The van der Waals surface area contributed by atoms with Crippen molar-refractivity contribution in [3.63, 3.8) is 0 Å². The molecular weight excluding hydrogens is 97.0 g/mol. The highest BCUT2D eigenvalue weighted by Crippen LogP contribution is 1.93. The number of hydrogen-bond acceptors (Lipinski definition) is 1. The van der Waals surface area contributed by atoms with Gasteiger partial charge in [0, 0.05) is 0 Å². The van der Waals surface area contributed by atoms with E-state index in [1.165, 1.54) is 6.92 Å². The van der Waals surface area contributed by atoms with Crippen LogP contribution >= 0.6 is 0 Å². The van der Waals surface area contributed by atoms with E-state index in [2.05, 4.69) is 5.73 Å². The van der Waals surface area contributed by atoms with Gasteiger partial charge in [-0.05, 0) is 6.92 Å². The van der Waals surface area contributed by atoms with Crippen molar-refractivity contribution in [2.45, 2.75) is 6.92 Å². The Morgan fingerprint density at radius 3 is 2.29 bits per heavy atom. The van der Waals surface area contributed by atoms with Crippen LogP contribution in [0.4, 0.5) is 4.39 Å². The van der Waals surface area contributed by atoms with Crippen LogP contribution < -0.4 is 5.73 Å². The number of nitrogens with two attached hydrogens (primary N) is 1. The zero-order chi connectivity index (χ0) is 5.86. The maximum atomic E-state index is 11.3. The predicted octanol–water partition coefficient (Wildman–Crippen LogP) is 0.0356. The third-order valence-electron chi connectivity index (χ3n) is 0.621. The minimum absolute atomic E-state index is 0.0694. The van der Waals surface area contributed by atoms with E-state index in [9.17, 15) is 9.18 Å². The van der Waals surface area contributed by atoms with Crippen LogP contribution in [0.5, 0.6) is 0 Å². The molecule has 0 aliphatic carbocycles. The Balaban J connectivity index is 3.34. The molecule has 0 saturated heterocycles. The molecule has 0 bridgehead atoms. The number of alkyl halides is 1. The van der Waals surface area contributed by atoms with Gasteiger partial charge in [-0.25, -0.2) is 4.39 Å². The molecule has 0 heterocycles. The first-order chi connectivity index (χ1) is 3.18. The lowest BCUT2D eigenvalue weighted by atomic mass is 10.2. The van der Waals surface area contributed by atoms with Crippen molar-refractivity contribution in [2.24, 2.45) is 5.73 Å². The van der Waals surface area contributed by atoms with Crippen LogP contribution in [0.1, 0.15) is 6.92 Å². The number of carbonyl (C=O) groups excluding carboxylic acids is 1. The minimum Gasteiger partial charge on any atom is -0.369 e. The normalized spacial score (nSPS) is 9.57. The molecule has 0 unspecified atom stereocenters. The quantitative estimate of drug-likeness (QED) is 0.528. The molecule has 0 aromatic carbocycles. The Morgan fingerprint density at radius 2 is 2.29 bits per heavy atom. The Bertz CT molecular complexity index is 74.1. The highest BCUT2D eigenvalue weighted by molar-refractivity contribution is 5.87. The molecule has 7 heavy (non-hydrogen) atoms. The largest absolute Gasteiger partial charge is 0.369 e. The van der Waals surface area contributed by atoms with E-state index in [0.717, 1.165) is 0 Å². The van der Waals surface area contributed by atoms with Gasteiger partial charge in [-0.2, -0.15) is 0 Å². The summed E-state index contributed by atoms with van der Waals surface area (Å²) in [6, 6.07) is 0. The molecule has 0 rings (SSSR count). The van der Waals surface area contributed by atoms with Crippen molar-refractivity contribution < 1.29 is 9.18 Å². The monoisotopic (exact) mass is 104 g/mol. The van der Waals surface area contributed by atoms with E-state index in [1.807, 2.05) is 0 Å². The van der Waals surface area contributed by atoms with Gasteiger partial charge in [0.25, 0.3) is 0 Å². The van der Waals surface area contributed by atoms with Gasteiger partial charge in [0.2, 0.25) is 5.91 Å². The number of hydrogen-bond donors (Lipinski definition) is 1. The van der Waals surface area contributed by atoms with Gasteiger partial charge in [-0.15, -0.1) is 0 Å². The summed E-state index contributed by atoms with van der Waals surface area (Å²) in [7, 11) is 0. The van der Waals surface area contributed by atoms with E-state index in [1.54, 1.807) is 0 Å². The summed E-state index contributed by atoms with van der Waals surface area (Å²) in [5.41, 5.74) is 4.63. The first kappa shape index (κ1) is 6.40. The third-order valence-corrected chi connectivity index (χ3v) is 0.621. The summed E-state index contributed by atoms with van der Waals surface area (Å²) in [4.78, 5) is 9.88. The van der Waals surface area contributed by atoms with E-state index in [0.29, 0.717) is 0 Å². The number of halogens is 1. The minimum atomic E-state index is -0.741. The van der Waals surface area contributed by atoms with E-state index >= 15 is 0 Å². The van der Waals surface area contributed by atoms with Crippen LogP contribution in [0.2, 0.25) is 0 Å². The lowest BCUT2D eigenvalue weighted by Gasteiger charge is -1.94. The Kier molecular flexibility index (Phi) is 2.33. The van der Waals surface area contributed by atoms with Crippen LogP contribution in [-0.4, -0.2) is 12.6 Å². The second-order valence-electron chi connectivity index (χ2n) is 1.28. The van der Waals surface area contributed by atoms with Gasteiger partial charge in [-0.1, -0.05) is 0 Å². The molecule has 1 amide bonds. The molecule has 41 valence electrons. The average Bonchev–Trinajstić information content (AvgIpc) is 1.65. The molecule has 0 aromatic heterocycles. The summed E-state index contributed by atoms with van der Waals surface area (Å²) < 4.78 is 11.3. The Labute approximate surface area is 41.5 Å². The van der Waals surface area contributed by atoms with E-state index < -0.39 is 12.6 Å². The standard InChI is InChI=1S/C4H7FNO/c1-3(2-5)4(6)7/h2H2,1H3,(H2,6,7). The summed E-state index contributed by atoms with van der Waals surface area (Å²) in [6.07, 6.45) is 0. The fraction of sp³-hybridized carbons (Fsp3) is 0.500. The molecule has 2 N–H and O–H groups in total. The molecule has 0 aromatic rings. The van der Waals surface area contributed by atoms with Gasteiger partial charge >= 0.3 is 0 Å². The van der Waals surface area contributed by atoms with Crippen molar-refractivity contribution in [1.82, 2.24) is 0 Å². The van der Waals surface area contributed by atoms with Crippen LogP contribution in [-0.2, 0) is 4.79 Å². The molecule has 1 radical (unpaired) electrons. The van der Waals surface area contributed by atoms with Gasteiger partial charge in [-0.3, -0.25) is 4.79 Å². The highest BCUT2D eigenvalue weighted by Gasteiger charge is 2.06. The predicted molar refractivity (Wildman–Crippen MR) is 24.1 cm³/mol. The maximum Gasteiger partial charge on any atom is 0.227 e. The zero-order valence-electron chi connectivity index (χ0n) is 4.07. The number of carbonyl (C=O) groups is 1. The van der Waals surface area contributed by atoms with Gasteiger partial charge in [0.15, 0.2) is 0 Å². The number of primary amides is 1. The molecule has 0 aliphatic rings. The molecule has 0 saturated carbocycles. The fourth-order valence-electron chi connectivity index (χ4n) is 0.0659. The molecule has 0 spiro atoms. The molecule has 2 nitrogen and oxygen atoms in total. The molecule has 0 aliphatic heterocycles. The van der Waals surface area contributed by atoms with Crippen LogP contribution in [0, 0.1) is 5.92 Å². The molecular formula is C4H7FNO. The first-order valence-electron chi connectivity index (χ1n) is 1.86. The van der Waals surface area contributed by atoms with Crippen LogP contribution in [0.15, 0.2) is 0 Å². The van der Waals surface area contributed by atoms with Crippen molar-refractivity contribution in [3.8, 4) is 0 Å². The summed E-state index contributed by atoms with van der Waals surface area (Å²) in [6.45, 7) is 0.623. The second-order valence-corrected chi connectivity index (χ2v) is 1.28. The Hall–Kier alpha value is -0.600. The average molecular weight is 104 g/mol. The molecule has 0 fully saturated rings.